The van der Waals surface area contributed by atoms with Crippen LogP contribution >= 0.6 is 0 Å². The van der Waals surface area contributed by atoms with Crippen LogP contribution in [0.2, 0.25) is 0 Å². The van der Waals surface area contributed by atoms with E-state index in [1.54, 1.807) is 18.3 Å². The van der Waals surface area contributed by atoms with Gasteiger partial charge in [0.2, 0.25) is 0 Å². The third-order valence-electron chi connectivity index (χ3n) is 5.41. The molecular formula is C23H17F3N6O. The predicted octanol–water partition coefficient (Wildman–Crippen LogP) is 5.22. The molecule has 0 atom stereocenters. The number of imidazole rings is 1. The monoisotopic (exact) mass is 450 g/mol. The maximum atomic E-state index is 13.1. The summed E-state index contributed by atoms with van der Waals surface area (Å²) in [5.74, 6) is 0.960. The second-order valence-corrected chi connectivity index (χ2v) is 7.59. The molecule has 0 unspecified atom stereocenters. The van der Waals surface area contributed by atoms with Crippen LogP contribution < -0.4 is 10.2 Å². The van der Waals surface area contributed by atoms with Gasteiger partial charge in [-0.2, -0.15) is 13.2 Å². The molecule has 10 heteroatoms. The number of nitrogens with zero attached hydrogens (tertiary/aromatic N) is 4. The number of amides is 2. The molecule has 0 saturated heterocycles. The van der Waals surface area contributed by atoms with Gasteiger partial charge in [-0.1, -0.05) is 24.3 Å². The van der Waals surface area contributed by atoms with Gasteiger partial charge < -0.3 is 10.3 Å². The number of benzene rings is 2. The van der Waals surface area contributed by atoms with Gasteiger partial charge in [-0.05, 0) is 30.7 Å². The van der Waals surface area contributed by atoms with Crippen molar-refractivity contribution >= 4 is 17.5 Å². The fourth-order valence-electron chi connectivity index (χ4n) is 3.72. The SMILES string of the molecule is Cc1ccc(-c2ncc(-c3cccc(C(F)(F)F)c3)[nH]2)cc1N1C(=O)NCc2cncnc21. The second-order valence-electron chi connectivity index (χ2n) is 7.59. The number of aryl methyl sites for hydroxylation is 1. The van der Waals surface area contributed by atoms with E-state index in [1.165, 1.54) is 23.5 Å². The lowest BCUT2D eigenvalue weighted by molar-refractivity contribution is -0.137. The fourth-order valence-corrected chi connectivity index (χ4v) is 3.72. The molecule has 5 rings (SSSR count). The van der Waals surface area contributed by atoms with Crippen molar-refractivity contribution in [3.8, 4) is 22.6 Å². The van der Waals surface area contributed by atoms with E-state index in [9.17, 15) is 18.0 Å². The van der Waals surface area contributed by atoms with Crippen molar-refractivity contribution in [2.45, 2.75) is 19.6 Å². The molecule has 166 valence electrons. The first-order valence-corrected chi connectivity index (χ1v) is 10.0. The molecule has 1 aliphatic rings. The lowest BCUT2D eigenvalue weighted by atomic mass is 10.1. The minimum Gasteiger partial charge on any atom is -0.338 e. The summed E-state index contributed by atoms with van der Waals surface area (Å²) in [5, 5.41) is 2.81. The number of alkyl halides is 3. The van der Waals surface area contributed by atoms with Gasteiger partial charge in [0.05, 0.1) is 23.1 Å². The minimum atomic E-state index is -4.43. The van der Waals surface area contributed by atoms with Crippen molar-refractivity contribution in [2.24, 2.45) is 0 Å². The third-order valence-corrected chi connectivity index (χ3v) is 5.41. The van der Waals surface area contributed by atoms with E-state index in [4.69, 9.17) is 0 Å². The number of H-pyrrole nitrogens is 1. The molecule has 3 heterocycles. The molecule has 2 amide bonds. The van der Waals surface area contributed by atoms with E-state index in [1.807, 2.05) is 19.1 Å². The summed E-state index contributed by atoms with van der Waals surface area (Å²) in [6, 6.07) is 10.2. The first kappa shape index (κ1) is 20.7. The Balaban J connectivity index is 1.53. The molecule has 0 aliphatic carbocycles. The minimum absolute atomic E-state index is 0.314. The molecular weight excluding hydrogens is 433 g/mol. The van der Waals surface area contributed by atoms with Crippen LogP contribution in [0.5, 0.6) is 0 Å². The fraction of sp³-hybridized carbons (Fsp3) is 0.130. The third kappa shape index (κ3) is 3.79. The van der Waals surface area contributed by atoms with Crippen LogP contribution in [0.1, 0.15) is 16.7 Å². The first-order valence-electron chi connectivity index (χ1n) is 10.0. The number of carbonyl (C=O) groups is 1. The van der Waals surface area contributed by atoms with Crippen molar-refractivity contribution in [3.05, 3.63) is 77.9 Å². The molecule has 0 bridgehead atoms. The number of aromatic amines is 1. The van der Waals surface area contributed by atoms with E-state index in [2.05, 4.69) is 25.3 Å². The van der Waals surface area contributed by atoms with E-state index >= 15 is 0 Å². The molecule has 0 fully saturated rings. The Kier molecular flexibility index (Phi) is 4.85. The maximum absolute atomic E-state index is 13.1. The number of nitrogens with one attached hydrogen (secondary N) is 2. The number of halogens is 3. The topological polar surface area (TPSA) is 86.8 Å². The molecule has 2 aromatic carbocycles. The summed E-state index contributed by atoms with van der Waals surface area (Å²) in [6.07, 6.45) is 0.0966. The lowest BCUT2D eigenvalue weighted by Gasteiger charge is -2.29. The predicted molar refractivity (Wildman–Crippen MR) is 116 cm³/mol. The molecule has 1 aliphatic heterocycles. The van der Waals surface area contributed by atoms with Crippen LogP contribution in [0.15, 0.2) is 61.2 Å². The van der Waals surface area contributed by atoms with Gasteiger partial charge in [0, 0.05) is 29.4 Å². The molecule has 0 saturated carbocycles. The normalized spacial score (nSPS) is 13.6. The number of urea groups is 1. The lowest BCUT2D eigenvalue weighted by Crippen LogP contribution is -2.42. The molecule has 0 spiro atoms. The van der Waals surface area contributed by atoms with Crippen LogP contribution in [0.3, 0.4) is 0 Å². The van der Waals surface area contributed by atoms with Gasteiger partial charge >= 0.3 is 12.2 Å². The molecule has 7 nitrogen and oxygen atoms in total. The highest BCUT2D eigenvalue weighted by molar-refractivity contribution is 6.01. The van der Waals surface area contributed by atoms with E-state index in [0.29, 0.717) is 40.7 Å². The van der Waals surface area contributed by atoms with Crippen molar-refractivity contribution in [2.75, 3.05) is 4.90 Å². The second kappa shape index (κ2) is 7.73. The van der Waals surface area contributed by atoms with Gasteiger partial charge in [-0.25, -0.2) is 24.6 Å². The highest BCUT2D eigenvalue weighted by Gasteiger charge is 2.31. The Hall–Kier alpha value is -4.21. The summed E-state index contributed by atoms with van der Waals surface area (Å²) < 4.78 is 39.2. The van der Waals surface area contributed by atoms with Crippen molar-refractivity contribution in [1.82, 2.24) is 25.3 Å². The Morgan fingerprint density at radius 2 is 1.88 bits per heavy atom. The van der Waals surface area contributed by atoms with Gasteiger partial charge in [0.25, 0.3) is 0 Å². The summed E-state index contributed by atoms with van der Waals surface area (Å²) in [6.45, 7) is 2.21. The largest absolute Gasteiger partial charge is 0.416 e. The summed E-state index contributed by atoms with van der Waals surface area (Å²) >= 11 is 0. The number of anilines is 2. The standard InChI is InChI=1S/C23H17F3N6O/c1-13-5-6-15(8-19(13)32-21-16(9-27-12-30-21)10-29-22(32)33)20-28-11-18(31-20)14-3-2-4-17(7-14)23(24,25)26/h2-9,11-12H,10H2,1H3,(H,28,31)(H,29,33). The van der Waals surface area contributed by atoms with E-state index in [-0.39, 0.29) is 6.03 Å². The Bertz CT molecular complexity index is 1360. The smallest absolute Gasteiger partial charge is 0.338 e. The van der Waals surface area contributed by atoms with Crippen LogP contribution in [0.4, 0.5) is 29.5 Å². The van der Waals surface area contributed by atoms with Gasteiger partial charge in [-0.15, -0.1) is 0 Å². The van der Waals surface area contributed by atoms with Crippen molar-refractivity contribution in [1.29, 1.82) is 0 Å². The van der Waals surface area contributed by atoms with E-state index in [0.717, 1.165) is 23.3 Å². The van der Waals surface area contributed by atoms with Crippen molar-refractivity contribution in [3.63, 3.8) is 0 Å². The zero-order valence-electron chi connectivity index (χ0n) is 17.3. The Morgan fingerprint density at radius 1 is 1.03 bits per heavy atom. The number of aromatic nitrogens is 4. The number of carbonyl (C=O) groups excluding carboxylic acids is 1. The molecule has 33 heavy (non-hydrogen) atoms. The van der Waals surface area contributed by atoms with Crippen LogP contribution in [-0.2, 0) is 12.7 Å². The number of fused-ring (bicyclic) bond motifs is 1. The summed E-state index contributed by atoms with van der Waals surface area (Å²) in [4.78, 5) is 29.9. The number of hydrogen-bond acceptors (Lipinski definition) is 4. The zero-order valence-corrected chi connectivity index (χ0v) is 17.3. The van der Waals surface area contributed by atoms with Crippen LogP contribution in [0, 0.1) is 6.92 Å². The molecule has 2 N–H and O–H groups in total. The van der Waals surface area contributed by atoms with E-state index < -0.39 is 11.7 Å². The summed E-state index contributed by atoms with van der Waals surface area (Å²) in [5.41, 5.74) is 3.00. The summed E-state index contributed by atoms with van der Waals surface area (Å²) in [7, 11) is 0. The molecule has 0 radical (unpaired) electrons. The highest BCUT2D eigenvalue weighted by atomic mass is 19.4. The molecule has 4 aromatic rings. The zero-order chi connectivity index (χ0) is 23.2. The Morgan fingerprint density at radius 3 is 2.70 bits per heavy atom. The quantitative estimate of drug-likeness (QED) is 0.448. The van der Waals surface area contributed by atoms with Gasteiger partial charge in [-0.3, -0.25) is 0 Å². The highest BCUT2D eigenvalue weighted by Crippen LogP contribution is 2.35. The molecule has 2 aromatic heterocycles. The van der Waals surface area contributed by atoms with Gasteiger partial charge in [0.15, 0.2) is 0 Å². The van der Waals surface area contributed by atoms with Crippen LogP contribution in [-0.4, -0.2) is 26.0 Å². The van der Waals surface area contributed by atoms with Crippen LogP contribution in [0.25, 0.3) is 22.6 Å². The van der Waals surface area contributed by atoms with Crippen molar-refractivity contribution < 1.29 is 18.0 Å². The van der Waals surface area contributed by atoms with Gasteiger partial charge in [0.1, 0.15) is 18.0 Å². The number of hydrogen-bond donors (Lipinski definition) is 2. The average Bonchev–Trinajstić information content (AvgIpc) is 3.30. The Labute approximate surface area is 186 Å². The first-order chi connectivity index (χ1) is 15.8. The number of rotatable bonds is 3. The maximum Gasteiger partial charge on any atom is 0.416 e. The average molecular weight is 450 g/mol.